The normalized spacial score (nSPS) is 16.3. The fraction of sp³-hybridized carbons (Fsp3) is 0.379. The third-order valence-electron chi connectivity index (χ3n) is 7.31. The number of halogens is 7. The van der Waals surface area contributed by atoms with Crippen LogP contribution in [0.2, 0.25) is 0 Å². The van der Waals surface area contributed by atoms with Gasteiger partial charge < -0.3 is 10.2 Å². The predicted molar refractivity (Wildman–Crippen MR) is 137 cm³/mol. The maximum atomic E-state index is 13.9. The van der Waals surface area contributed by atoms with Crippen molar-refractivity contribution in [3.05, 3.63) is 82.4 Å². The molecule has 40 heavy (non-hydrogen) atoms. The molecule has 0 unspecified atom stereocenters. The monoisotopic (exact) mass is 567 g/mol. The van der Waals surface area contributed by atoms with Crippen molar-refractivity contribution in [3.8, 4) is 11.1 Å². The largest absolute Gasteiger partial charge is 0.416 e. The molecule has 1 N–H and O–H groups in total. The van der Waals surface area contributed by atoms with E-state index in [9.17, 15) is 35.5 Å². The highest BCUT2D eigenvalue weighted by Crippen LogP contribution is 2.41. The number of aryl methyl sites for hydroxylation is 1. The second-order valence-electron chi connectivity index (χ2n) is 10.5. The Kier molecular flexibility index (Phi) is 7.74. The molecule has 1 saturated heterocycles. The lowest BCUT2D eigenvalue weighted by Gasteiger charge is -2.32. The molecule has 2 aromatic carbocycles. The lowest BCUT2D eigenvalue weighted by Crippen LogP contribution is -2.42. The molecule has 0 saturated carbocycles. The van der Waals surface area contributed by atoms with E-state index < -0.39 is 46.2 Å². The Bertz CT molecular complexity index is 1390. The number of nitrogens with one attached hydrogen (secondary N) is 1. The first-order chi connectivity index (χ1) is 18.5. The lowest BCUT2D eigenvalue weighted by molar-refractivity contribution is -0.143. The molecule has 0 aliphatic carbocycles. The summed E-state index contributed by atoms with van der Waals surface area (Å²) in [6.07, 6.45) is -6.87. The number of likely N-dealkylation sites (N-methyl/N-ethyl adjacent to an activating group) is 1. The average Bonchev–Trinajstić information content (AvgIpc) is 3.41. The molecular weight excluding hydrogens is 539 g/mol. The molecule has 1 aliphatic rings. The van der Waals surface area contributed by atoms with E-state index in [1.54, 1.807) is 19.1 Å². The Balaban J connectivity index is 1.82. The second kappa shape index (κ2) is 10.5. The number of rotatable bonds is 5. The molecule has 0 radical (unpaired) electrons. The van der Waals surface area contributed by atoms with Crippen LogP contribution in [0.1, 0.15) is 60.7 Å². The van der Waals surface area contributed by atoms with E-state index >= 15 is 0 Å². The number of amides is 1. The zero-order chi connectivity index (χ0) is 29.6. The molecule has 3 aromatic rings. The van der Waals surface area contributed by atoms with Crippen LogP contribution >= 0.6 is 0 Å². The van der Waals surface area contributed by atoms with Crippen molar-refractivity contribution in [2.75, 3.05) is 18.5 Å². The number of alkyl halides is 6. The van der Waals surface area contributed by atoms with Gasteiger partial charge in [-0.1, -0.05) is 6.07 Å². The standard InChI is InChI=1S/C29H28F7N3O/c1-16-10-20(30)7-8-21(16)22-14-24(23-6-5-9-37-23)38-15-25(22)39(4)26(40)27(2,3)17-11-18(28(31,32)33)13-19(12-17)29(34,35)36/h7-8,10-15,23,37H,5-6,9H2,1-4H3/t23-/m0/s1. The molecule has 1 amide bonds. The zero-order valence-corrected chi connectivity index (χ0v) is 22.3. The quantitative estimate of drug-likeness (QED) is 0.323. The second-order valence-corrected chi connectivity index (χ2v) is 10.5. The topological polar surface area (TPSA) is 45.2 Å². The van der Waals surface area contributed by atoms with Gasteiger partial charge in [0.25, 0.3) is 0 Å². The van der Waals surface area contributed by atoms with E-state index in [-0.39, 0.29) is 17.8 Å². The van der Waals surface area contributed by atoms with Crippen LogP contribution in [-0.4, -0.2) is 24.5 Å². The highest BCUT2D eigenvalue weighted by Gasteiger charge is 2.41. The molecule has 1 aromatic heterocycles. The maximum Gasteiger partial charge on any atom is 0.416 e. The number of nitrogens with zero attached hydrogens (tertiary/aromatic N) is 2. The number of carbonyl (C=O) groups is 1. The Labute approximate surface area is 227 Å². The van der Waals surface area contributed by atoms with Gasteiger partial charge in [0.15, 0.2) is 0 Å². The predicted octanol–water partition coefficient (Wildman–Crippen LogP) is 7.60. The van der Waals surface area contributed by atoms with E-state index in [4.69, 9.17) is 0 Å². The number of carbonyl (C=O) groups excluding carboxylic acids is 1. The van der Waals surface area contributed by atoms with Gasteiger partial charge in [-0.05, 0) is 93.2 Å². The van der Waals surface area contributed by atoms with Gasteiger partial charge in [-0.3, -0.25) is 9.78 Å². The molecule has 214 valence electrons. The van der Waals surface area contributed by atoms with Gasteiger partial charge in [-0.25, -0.2) is 4.39 Å². The van der Waals surface area contributed by atoms with Crippen molar-refractivity contribution >= 4 is 11.6 Å². The van der Waals surface area contributed by atoms with Crippen molar-refractivity contribution in [1.82, 2.24) is 10.3 Å². The molecule has 4 rings (SSSR count). The van der Waals surface area contributed by atoms with E-state index in [2.05, 4.69) is 10.3 Å². The first-order valence-electron chi connectivity index (χ1n) is 12.6. The van der Waals surface area contributed by atoms with Crippen LogP contribution < -0.4 is 10.2 Å². The van der Waals surface area contributed by atoms with E-state index in [0.29, 0.717) is 34.5 Å². The molecule has 0 bridgehead atoms. The van der Waals surface area contributed by atoms with Crippen molar-refractivity contribution in [3.63, 3.8) is 0 Å². The third-order valence-corrected chi connectivity index (χ3v) is 7.31. The molecule has 1 atom stereocenters. The fourth-order valence-corrected chi connectivity index (χ4v) is 4.97. The molecule has 2 heterocycles. The van der Waals surface area contributed by atoms with Gasteiger partial charge in [0, 0.05) is 18.7 Å². The number of hydrogen-bond donors (Lipinski definition) is 1. The van der Waals surface area contributed by atoms with E-state index in [1.807, 2.05) is 0 Å². The van der Waals surface area contributed by atoms with Crippen LogP contribution in [0.25, 0.3) is 11.1 Å². The van der Waals surface area contributed by atoms with Crippen molar-refractivity contribution in [2.24, 2.45) is 0 Å². The van der Waals surface area contributed by atoms with Crippen LogP contribution in [-0.2, 0) is 22.6 Å². The Morgan fingerprint density at radius 2 is 1.52 bits per heavy atom. The summed E-state index contributed by atoms with van der Waals surface area (Å²) in [5, 5.41) is 3.34. The van der Waals surface area contributed by atoms with Gasteiger partial charge in [-0.2, -0.15) is 26.3 Å². The summed E-state index contributed by atoms with van der Waals surface area (Å²) in [5.41, 5.74) is -2.55. The first kappa shape index (κ1) is 29.5. The summed E-state index contributed by atoms with van der Waals surface area (Å²) < 4.78 is 95.0. The number of benzene rings is 2. The smallest absolute Gasteiger partial charge is 0.313 e. The van der Waals surface area contributed by atoms with Crippen molar-refractivity contribution in [1.29, 1.82) is 0 Å². The fourth-order valence-electron chi connectivity index (χ4n) is 4.97. The molecule has 11 heteroatoms. The first-order valence-corrected chi connectivity index (χ1v) is 12.6. The molecule has 1 fully saturated rings. The zero-order valence-electron chi connectivity index (χ0n) is 22.3. The van der Waals surface area contributed by atoms with Crippen LogP contribution in [0.4, 0.5) is 36.4 Å². The van der Waals surface area contributed by atoms with Gasteiger partial charge in [0.2, 0.25) is 5.91 Å². The summed E-state index contributed by atoms with van der Waals surface area (Å²) in [7, 11) is 1.38. The molecule has 0 spiro atoms. The maximum absolute atomic E-state index is 13.9. The molecule has 1 aliphatic heterocycles. The Morgan fingerprint density at radius 1 is 0.925 bits per heavy atom. The van der Waals surface area contributed by atoms with Crippen LogP contribution in [0.15, 0.2) is 48.7 Å². The SMILES string of the molecule is Cc1cc(F)ccc1-c1cc([C@@H]2CCCN2)ncc1N(C)C(=O)C(C)(C)c1cc(C(F)(F)F)cc(C(F)(F)F)c1. The third kappa shape index (κ3) is 5.84. The number of pyridine rings is 1. The average molecular weight is 568 g/mol. The highest BCUT2D eigenvalue weighted by atomic mass is 19.4. The van der Waals surface area contributed by atoms with Gasteiger partial charge in [-0.15, -0.1) is 0 Å². The van der Waals surface area contributed by atoms with Gasteiger partial charge in [0.1, 0.15) is 5.82 Å². The summed E-state index contributed by atoms with van der Waals surface area (Å²) in [5.74, 6) is -1.21. The molecular formula is C29H28F7N3O. The molecule has 4 nitrogen and oxygen atoms in total. The van der Waals surface area contributed by atoms with E-state index in [1.165, 1.54) is 44.1 Å². The number of hydrogen-bond acceptors (Lipinski definition) is 3. The van der Waals surface area contributed by atoms with Crippen LogP contribution in [0.3, 0.4) is 0 Å². The van der Waals surface area contributed by atoms with Gasteiger partial charge >= 0.3 is 12.4 Å². The lowest BCUT2D eigenvalue weighted by atomic mass is 9.81. The summed E-state index contributed by atoms with van der Waals surface area (Å²) in [4.78, 5) is 19.5. The number of anilines is 1. The Morgan fingerprint density at radius 3 is 2.05 bits per heavy atom. The highest BCUT2D eigenvalue weighted by molar-refractivity contribution is 6.03. The minimum absolute atomic E-state index is 0.0306. The minimum Gasteiger partial charge on any atom is -0.313 e. The van der Waals surface area contributed by atoms with E-state index in [0.717, 1.165) is 19.4 Å². The summed E-state index contributed by atoms with van der Waals surface area (Å²) in [6.45, 7) is 5.05. The van der Waals surface area contributed by atoms with Crippen molar-refractivity contribution < 1.29 is 35.5 Å². The minimum atomic E-state index is -5.05. The number of aromatic nitrogens is 1. The summed E-state index contributed by atoms with van der Waals surface area (Å²) in [6, 6.07) is 7.08. The summed E-state index contributed by atoms with van der Waals surface area (Å²) >= 11 is 0. The van der Waals surface area contributed by atoms with Crippen LogP contribution in [0, 0.1) is 12.7 Å². The Hall–Kier alpha value is -3.47. The van der Waals surface area contributed by atoms with Gasteiger partial charge in [0.05, 0.1) is 34.1 Å². The van der Waals surface area contributed by atoms with Crippen molar-refractivity contribution in [2.45, 2.75) is 57.4 Å². The van der Waals surface area contributed by atoms with Crippen LogP contribution in [0.5, 0.6) is 0 Å².